The fraction of sp³-hybridized carbons (Fsp3) is 1.00. The maximum Gasteiger partial charge on any atom is 0.0750 e. The van der Waals surface area contributed by atoms with E-state index in [1.807, 2.05) is 7.05 Å². The Morgan fingerprint density at radius 3 is 2.45 bits per heavy atom. The lowest BCUT2D eigenvalue weighted by molar-refractivity contribution is -0.0163. The van der Waals surface area contributed by atoms with Crippen molar-refractivity contribution < 1.29 is 4.74 Å². The Morgan fingerprint density at radius 1 is 1.36 bits per heavy atom. The SMILES string of the molecule is CCCCOC(C)(C)CNC. The van der Waals surface area contributed by atoms with Crippen LogP contribution in [0.1, 0.15) is 33.6 Å². The van der Waals surface area contributed by atoms with E-state index >= 15 is 0 Å². The van der Waals surface area contributed by atoms with E-state index < -0.39 is 0 Å². The van der Waals surface area contributed by atoms with E-state index in [0.717, 1.165) is 19.6 Å². The second kappa shape index (κ2) is 5.56. The molecule has 0 aromatic rings. The van der Waals surface area contributed by atoms with Gasteiger partial charge in [-0.1, -0.05) is 13.3 Å². The van der Waals surface area contributed by atoms with E-state index in [4.69, 9.17) is 4.74 Å². The molecule has 1 N–H and O–H groups in total. The number of likely N-dealkylation sites (N-methyl/N-ethyl adjacent to an activating group) is 1. The number of nitrogens with one attached hydrogen (secondary N) is 1. The maximum atomic E-state index is 5.65. The van der Waals surface area contributed by atoms with Gasteiger partial charge in [-0.15, -0.1) is 0 Å². The first-order valence-electron chi connectivity index (χ1n) is 4.41. The molecule has 0 aliphatic heterocycles. The van der Waals surface area contributed by atoms with Crippen LogP contribution >= 0.6 is 0 Å². The van der Waals surface area contributed by atoms with Gasteiger partial charge in [0.05, 0.1) is 5.60 Å². The third-order valence-corrected chi connectivity index (χ3v) is 1.59. The van der Waals surface area contributed by atoms with Crippen molar-refractivity contribution in [3.63, 3.8) is 0 Å². The van der Waals surface area contributed by atoms with Crippen molar-refractivity contribution in [3.05, 3.63) is 0 Å². The highest BCUT2D eigenvalue weighted by atomic mass is 16.5. The number of ether oxygens (including phenoxy) is 1. The zero-order valence-electron chi connectivity index (χ0n) is 8.24. The zero-order chi connectivity index (χ0) is 8.74. The van der Waals surface area contributed by atoms with Crippen molar-refractivity contribution in [1.29, 1.82) is 0 Å². The smallest absolute Gasteiger partial charge is 0.0750 e. The third-order valence-electron chi connectivity index (χ3n) is 1.59. The van der Waals surface area contributed by atoms with E-state index in [9.17, 15) is 0 Å². The molecule has 0 saturated heterocycles. The van der Waals surface area contributed by atoms with Gasteiger partial charge < -0.3 is 10.1 Å². The predicted molar refractivity (Wildman–Crippen MR) is 48.9 cm³/mol. The lowest BCUT2D eigenvalue weighted by Gasteiger charge is -2.24. The summed E-state index contributed by atoms with van der Waals surface area (Å²) in [5.41, 5.74) is -0.0100. The van der Waals surface area contributed by atoms with E-state index in [1.54, 1.807) is 0 Å². The molecule has 0 aromatic carbocycles. The molecule has 0 unspecified atom stereocenters. The van der Waals surface area contributed by atoms with E-state index in [1.165, 1.54) is 6.42 Å². The number of unbranched alkanes of at least 4 members (excludes halogenated alkanes) is 1. The first-order valence-corrected chi connectivity index (χ1v) is 4.41. The van der Waals surface area contributed by atoms with Gasteiger partial charge in [-0.05, 0) is 27.3 Å². The largest absolute Gasteiger partial charge is 0.374 e. The molecular weight excluding hydrogens is 138 g/mol. The Bertz CT molecular complexity index is 91.6. The molecule has 68 valence electrons. The standard InChI is InChI=1S/C9H21NO/c1-5-6-7-11-9(2,3)8-10-4/h10H,5-8H2,1-4H3. The Morgan fingerprint density at radius 2 is 2.00 bits per heavy atom. The van der Waals surface area contributed by atoms with Crippen LogP contribution in [0.2, 0.25) is 0 Å². The van der Waals surface area contributed by atoms with E-state index in [2.05, 4.69) is 26.1 Å². The van der Waals surface area contributed by atoms with Crippen molar-refractivity contribution >= 4 is 0 Å². The van der Waals surface area contributed by atoms with Gasteiger partial charge in [-0.3, -0.25) is 0 Å². The van der Waals surface area contributed by atoms with Crippen LogP contribution in [0, 0.1) is 0 Å². The molecule has 0 aliphatic carbocycles. The molecule has 0 heterocycles. The van der Waals surface area contributed by atoms with Gasteiger partial charge in [0.15, 0.2) is 0 Å². The normalized spacial score (nSPS) is 12.0. The first-order chi connectivity index (χ1) is 5.12. The van der Waals surface area contributed by atoms with Crippen molar-refractivity contribution in [1.82, 2.24) is 5.32 Å². The van der Waals surface area contributed by atoms with Gasteiger partial charge in [0.1, 0.15) is 0 Å². The lowest BCUT2D eigenvalue weighted by atomic mass is 10.1. The monoisotopic (exact) mass is 159 g/mol. The molecule has 0 atom stereocenters. The van der Waals surface area contributed by atoms with Gasteiger partial charge >= 0.3 is 0 Å². The second-order valence-corrected chi connectivity index (χ2v) is 3.49. The van der Waals surface area contributed by atoms with Crippen molar-refractivity contribution in [2.24, 2.45) is 0 Å². The summed E-state index contributed by atoms with van der Waals surface area (Å²) in [5, 5.41) is 3.11. The number of hydrogen-bond donors (Lipinski definition) is 1. The van der Waals surface area contributed by atoms with Gasteiger partial charge in [0.2, 0.25) is 0 Å². The Labute approximate surface area is 70.3 Å². The van der Waals surface area contributed by atoms with E-state index in [0.29, 0.717) is 0 Å². The average molecular weight is 159 g/mol. The Hall–Kier alpha value is -0.0800. The minimum atomic E-state index is -0.0100. The molecule has 0 spiro atoms. The minimum absolute atomic E-state index is 0.0100. The third kappa shape index (κ3) is 6.32. The van der Waals surface area contributed by atoms with Crippen molar-refractivity contribution in [2.45, 2.75) is 39.2 Å². The lowest BCUT2D eigenvalue weighted by Crippen LogP contribution is -2.36. The summed E-state index contributed by atoms with van der Waals surface area (Å²) in [6.07, 6.45) is 2.36. The molecule has 0 saturated carbocycles. The molecule has 0 fully saturated rings. The van der Waals surface area contributed by atoms with Gasteiger partial charge in [-0.25, -0.2) is 0 Å². The van der Waals surface area contributed by atoms with Gasteiger partial charge in [0, 0.05) is 13.2 Å². The van der Waals surface area contributed by atoms with Crippen molar-refractivity contribution in [3.8, 4) is 0 Å². The fourth-order valence-electron chi connectivity index (χ4n) is 0.970. The Balaban J connectivity index is 3.38. The fourth-order valence-corrected chi connectivity index (χ4v) is 0.970. The molecule has 0 amide bonds. The molecule has 0 radical (unpaired) electrons. The van der Waals surface area contributed by atoms with E-state index in [-0.39, 0.29) is 5.60 Å². The summed E-state index contributed by atoms with van der Waals surface area (Å²) in [6, 6.07) is 0. The van der Waals surface area contributed by atoms with Crippen LogP contribution in [-0.2, 0) is 4.74 Å². The highest BCUT2D eigenvalue weighted by Gasteiger charge is 2.15. The quantitative estimate of drug-likeness (QED) is 0.597. The summed E-state index contributed by atoms with van der Waals surface area (Å²) < 4.78 is 5.65. The second-order valence-electron chi connectivity index (χ2n) is 3.49. The van der Waals surface area contributed by atoms with Gasteiger partial charge in [-0.2, -0.15) is 0 Å². The molecular formula is C9H21NO. The Kier molecular flexibility index (Phi) is 5.51. The van der Waals surface area contributed by atoms with Crippen LogP contribution in [-0.4, -0.2) is 25.8 Å². The summed E-state index contributed by atoms with van der Waals surface area (Å²) >= 11 is 0. The van der Waals surface area contributed by atoms with Crippen LogP contribution in [0.5, 0.6) is 0 Å². The summed E-state index contributed by atoms with van der Waals surface area (Å²) in [6.45, 7) is 8.19. The highest BCUT2D eigenvalue weighted by Crippen LogP contribution is 2.07. The molecule has 11 heavy (non-hydrogen) atoms. The molecule has 0 rings (SSSR count). The first kappa shape index (κ1) is 10.9. The highest BCUT2D eigenvalue weighted by molar-refractivity contribution is 4.70. The summed E-state index contributed by atoms with van der Waals surface area (Å²) in [7, 11) is 1.95. The number of hydrogen-bond acceptors (Lipinski definition) is 2. The molecule has 0 aliphatic rings. The zero-order valence-corrected chi connectivity index (χ0v) is 8.24. The van der Waals surface area contributed by atoms with Crippen LogP contribution in [0.25, 0.3) is 0 Å². The molecule has 0 aromatic heterocycles. The molecule has 2 heteroatoms. The maximum absolute atomic E-state index is 5.65. The average Bonchev–Trinajstić information content (AvgIpc) is 1.87. The topological polar surface area (TPSA) is 21.3 Å². The van der Waals surface area contributed by atoms with Crippen molar-refractivity contribution in [2.75, 3.05) is 20.2 Å². The van der Waals surface area contributed by atoms with Crippen LogP contribution < -0.4 is 5.32 Å². The number of rotatable bonds is 6. The minimum Gasteiger partial charge on any atom is -0.374 e. The van der Waals surface area contributed by atoms with Gasteiger partial charge in [0.25, 0.3) is 0 Å². The summed E-state index contributed by atoms with van der Waals surface area (Å²) in [5.74, 6) is 0. The predicted octanol–water partition coefficient (Wildman–Crippen LogP) is 1.80. The van der Waals surface area contributed by atoms with Crippen LogP contribution in [0.4, 0.5) is 0 Å². The van der Waals surface area contributed by atoms with Crippen LogP contribution in [0.15, 0.2) is 0 Å². The molecule has 0 bridgehead atoms. The van der Waals surface area contributed by atoms with Crippen LogP contribution in [0.3, 0.4) is 0 Å². The molecule has 2 nitrogen and oxygen atoms in total. The summed E-state index contributed by atoms with van der Waals surface area (Å²) in [4.78, 5) is 0.